The molecule has 0 fully saturated rings. The number of hydrogen-bond acceptors (Lipinski definition) is 3. The van der Waals surface area contributed by atoms with Gasteiger partial charge in [-0.15, -0.1) is 0 Å². The first-order valence-corrected chi connectivity index (χ1v) is 5.52. The van der Waals surface area contributed by atoms with Crippen LogP contribution < -0.4 is 0 Å². The highest BCUT2D eigenvalue weighted by Crippen LogP contribution is 2.15. The predicted molar refractivity (Wildman–Crippen MR) is 65.1 cm³/mol. The molecule has 0 amide bonds. The molecule has 3 nitrogen and oxygen atoms in total. The van der Waals surface area contributed by atoms with Crippen molar-refractivity contribution in [3.8, 4) is 0 Å². The average molecular weight is 230 g/mol. The van der Waals surface area contributed by atoms with Crippen molar-refractivity contribution in [2.45, 2.75) is 6.10 Å². The quantitative estimate of drug-likeness (QED) is 0.590. The lowest BCUT2D eigenvalue weighted by Crippen LogP contribution is -2.17. The zero-order chi connectivity index (χ0) is 12.1. The summed E-state index contributed by atoms with van der Waals surface area (Å²) >= 11 is 0. The summed E-state index contributed by atoms with van der Waals surface area (Å²) in [5, 5.41) is 9.18. The second kappa shape index (κ2) is 5.46. The van der Waals surface area contributed by atoms with Crippen LogP contribution in [0.25, 0.3) is 0 Å². The summed E-state index contributed by atoms with van der Waals surface area (Å²) < 4.78 is 5.19. The fourth-order valence-corrected chi connectivity index (χ4v) is 1.67. The molecule has 2 aliphatic rings. The van der Waals surface area contributed by atoms with Gasteiger partial charge in [0.1, 0.15) is 6.10 Å². The van der Waals surface area contributed by atoms with Crippen molar-refractivity contribution in [3.63, 3.8) is 0 Å². The molecule has 1 N–H and O–H groups in total. The maximum absolute atomic E-state index is 11.8. The summed E-state index contributed by atoms with van der Waals surface area (Å²) in [5.41, 5.74) is 0.292. The van der Waals surface area contributed by atoms with E-state index >= 15 is 0 Å². The average Bonchev–Trinajstić information content (AvgIpc) is 2.97. The molecule has 0 atom stereocenters. The monoisotopic (exact) mass is 230 g/mol. The zero-order valence-corrected chi connectivity index (χ0v) is 9.32. The van der Waals surface area contributed by atoms with E-state index in [1.807, 2.05) is 36.5 Å². The van der Waals surface area contributed by atoms with Crippen LogP contribution in [0.5, 0.6) is 0 Å². The van der Waals surface area contributed by atoms with Crippen LogP contribution in [-0.2, 0) is 9.53 Å². The van der Waals surface area contributed by atoms with E-state index in [2.05, 4.69) is 0 Å². The van der Waals surface area contributed by atoms with Gasteiger partial charge in [0.15, 0.2) is 0 Å². The largest absolute Gasteiger partial charge is 0.450 e. The van der Waals surface area contributed by atoms with Crippen LogP contribution in [0, 0.1) is 5.92 Å². The lowest BCUT2D eigenvalue weighted by molar-refractivity contribution is -0.140. The van der Waals surface area contributed by atoms with Gasteiger partial charge in [0.25, 0.3) is 0 Å². The Morgan fingerprint density at radius 2 is 1.71 bits per heavy atom. The number of carbonyl (C=O) groups is 1. The molecule has 0 heterocycles. The zero-order valence-electron chi connectivity index (χ0n) is 9.32. The molecule has 2 rings (SSSR count). The molecule has 0 radical (unpaired) electrons. The third kappa shape index (κ3) is 3.04. The van der Waals surface area contributed by atoms with E-state index in [4.69, 9.17) is 4.74 Å². The number of carbonyl (C=O) groups excluding carboxylic acids is 1. The lowest BCUT2D eigenvalue weighted by Gasteiger charge is -2.10. The van der Waals surface area contributed by atoms with Crippen LogP contribution in [0.15, 0.2) is 60.3 Å². The minimum absolute atomic E-state index is 0.0689. The maximum atomic E-state index is 11.8. The van der Waals surface area contributed by atoms with Crippen LogP contribution in [0.2, 0.25) is 0 Å². The van der Waals surface area contributed by atoms with Gasteiger partial charge < -0.3 is 9.84 Å². The first-order valence-electron chi connectivity index (χ1n) is 5.52. The molecule has 0 aromatic rings. The van der Waals surface area contributed by atoms with Crippen molar-refractivity contribution in [3.05, 3.63) is 60.3 Å². The Labute approximate surface area is 100 Å². The highest BCUT2D eigenvalue weighted by molar-refractivity contribution is 5.89. The first-order chi connectivity index (χ1) is 8.29. The van der Waals surface area contributed by atoms with E-state index in [1.165, 1.54) is 0 Å². The van der Waals surface area contributed by atoms with Crippen molar-refractivity contribution >= 4 is 5.97 Å². The van der Waals surface area contributed by atoms with E-state index in [-0.39, 0.29) is 18.6 Å². The standard InChI is InChI=1S/C14H14O3/c15-10-12(9-11-5-1-2-6-11)14(16)17-13-7-3-4-8-13/h1-9,11,13,15H,10H2. The van der Waals surface area contributed by atoms with E-state index in [9.17, 15) is 9.90 Å². The van der Waals surface area contributed by atoms with Crippen molar-refractivity contribution in [1.82, 2.24) is 0 Å². The molecule has 2 aliphatic carbocycles. The van der Waals surface area contributed by atoms with E-state index in [1.54, 1.807) is 18.2 Å². The summed E-state index contributed by atoms with van der Waals surface area (Å²) in [4.78, 5) is 11.8. The number of allylic oxidation sites excluding steroid dienone is 7. The lowest BCUT2D eigenvalue weighted by atomic mass is 10.1. The summed E-state index contributed by atoms with van der Waals surface area (Å²) in [6, 6.07) is 0. The summed E-state index contributed by atoms with van der Waals surface area (Å²) in [6.07, 6.45) is 16.3. The summed E-state index contributed by atoms with van der Waals surface area (Å²) in [7, 11) is 0. The van der Waals surface area contributed by atoms with Crippen LogP contribution in [0.3, 0.4) is 0 Å². The predicted octanol–water partition coefficient (Wildman–Crippen LogP) is 1.69. The Morgan fingerprint density at radius 3 is 2.29 bits per heavy atom. The number of esters is 1. The van der Waals surface area contributed by atoms with Crippen LogP contribution >= 0.6 is 0 Å². The van der Waals surface area contributed by atoms with Crippen molar-refractivity contribution < 1.29 is 14.6 Å². The molecule has 0 aromatic heterocycles. The van der Waals surface area contributed by atoms with Gasteiger partial charge in [-0.05, 0) is 12.2 Å². The number of ether oxygens (including phenoxy) is 1. The van der Waals surface area contributed by atoms with Crippen LogP contribution in [0.1, 0.15) is 0 Å². The summed E-state index contributed by atoms with van der Waals surface area (Å²) in [5.74, 6) is -0.401. The normalized spacial score (nSPS) is 19.5. The van der Waals surface area contributed by atoms with Crippen molar-refractivity contribution in [1.29, 1.82) is 0 Å². The van der Waals surface area contributed by atoms with Gasteiger partial charge in [0.2, 0.25) is 0 Å². The molecule has 88 valence electrons. The van der Waals surface area contributed by atoms with Crippen molar-refractivity contribution in [2.75, 3.05) is 6.61 Å². The van der Waals surface area contributed by atoms with Gasteiger partial charge in [0, 0.05) is 5.92 Å². The highest BCUT2D eigenvalue weighted by Gasteiger charge is 2.16. The molecular weight excluding hydrogens is 216 g/mol. The SMILES string of the molecule is O=C(OC1C=CC=C1)C(=CC1C=CC=C1)CO. The molecule has 0 saturated heterocycles. The van der Waals surface area contributed by atoms with Gasteiger partial charge >= 0.3 is 5.97 Å². The molecule has 0 saturated carbocycles. The molecule has 0 unspecified atom stereocenters. The van der Waals surface area contributed by atoms with Gasteiger partial charge in [-0.2, -0.15) is 0 Å². The second-order valence-electron chi connectivity index (χ2n) is 3.84. The van der Waals surface area contributed by atoms with Gasteiger partial charge in [-0.25, -0.2) is 4.79 Å². The fourth-order valence-electron chi connectivity index (χ4n) is 1.67. The third-order valence-corrected chi connectivity index (χ3v) is 2.56. The molecule has 0 bridgehead atoms. The van der Waals surface area contributed by atoms with Gasteiger partial charge in [-0.1, -0.05) is 42.5 Å². The fraction of sp³-hybridized carbons (Fsp3) is 0.214. The second-order valence-corrected chi connectivity index (χ2v) is 3.84. The van der Waals surface area contributed by atoms with Crippen molar-refractivity contribution in [2.24, 2.45) is 5.92 Å². The Balaban J connectivity index is 1.99. The molecule has 0 spiro atoms. The topological polar surface area (TPSA) is 46.5 Å². The Bertz CT molecular complexity index is 414. The number of aliphatic hydroxyl groups excluding tert-OH is 1. The number of aliphatic hydroxyl groups is 1. The van der Waals surface area contributed by atoms with Crippen LogP contribution in [-0.4, -0.2) is 23.8 Å². The first kappa shape index (κ1) is 11.6. The smallest absolute Gasteiger partial charge is 0.336 e. The van der Waals surface area contributed by atoms with Gasteiger partial charge in [-0.3, -0.25) is 0 Å². The van der Waals surface area contributed by atoms with E-state index < -0.39 is 5.97 Å². The molecule has 3 heteroatoms. The molecule has 0 aromatic carbocycles. The van der Waals surface area contributed by atoms with E-state index in [0.717, 1.165) is 0 Å². The van der Waals surface area contributed by atoms with E-state index in [0.29, 0.717) is 5.57 Å². The Kier molecular flexibility index (Phi) is 3.73. The molecule has 0 aliphatic heterocycles. The Hall–Kier alpha value is -1.87. The van der Waals surface area contributed by atoms with Crippen LogP contribution in [0.4, 0.5) is 0 Å². The minimum atomic E-state index is -0.470. The van der Waals surface area contributed by atoms with Gasteiger partial charge in [0.05, 0.1) is 12.2 Å². The maximum Gasteiger partial charge on any atom is 0.336 e. The number of hydrogen-bond donors (Lipinski definition) is 1. The minimum Gasteiger partial charge on any atom is -0.450 e. The third-order valence-electron chi connectivity index (χ3n) is 2.56. The molecule has 17 heavy (non-hydrogen) atoms. The Morgan fingerprint density at radius 1 is 1.12 bits per heavy atom. The summed E-state index contributed by atoms with van der Waals surface area (Å²) in [6.45, 7) is -0.308. The highest BCUT2D eigenvalue weighted by atomic mass is 16.5. The number of rotatable bonds is 4. The molecular formula is C14H14O3.